The fraction of sp³-hybridized carbons (Fsp3) is 0.300. The van der Waals surface area contributed by atoms with Gasteiger partial charge < -0.3 is 15.0 Å². The van der Waals surface area contributed by atoms with Crippen molar-refractivity contribution in [2.75, 3.05) is 23.3 Å². The topological polar surface area (TPSA) is 85.2 Å². The molecule has 1 saturated heterocycles. The summed E-state index contributed by atoms with van der Waals surface area (Å²) in [4.78, 5) is 23.1. The quantitative estimate of drug-likeness (QED) is 0.751. The Labute approximate surface area is 163 Å². The normalized spacial score (nSPS) is 19.4. The van der Waals surface area contributed by atoms with Gasteiger partial charge in [0.05, 0.1) is 29.8 Å². The van der Waals surface area contributed by atoms with Crippen LogP contribution in [-0.4, -0.2) is 51.0 Å². The van der Waals surface area contributed by atoms with Gasteiger partial charge in [-0.15, -0.1) is 0 Å². The average Bonchev–Trinajstić information content (AvgIpc) is 3.23. The van der Waals surface area contributed by atoms with Gasteiger partial charge in [0.2, 0.25) is 0 Å². The van der Waals surface area contributed by atoms with Crippen LogP contribution in [0, 0.1) is 0 Å². The minimum absolute atomic E-state index is 0.172. The van der Waals surface area contributed by atoms with Crippen molar-refractivity contribution >= 4 is 17.4 Å². The second-order valence-corrected chi connectivity index (χ2v) is 6.91. The molecule has 0 aliphatic carbocycles. The molecule has 1 aliphatic rings. The highest BCUT2D eigenvalue weighted by Crippen LogP contribution is 2.20. The molecule has 0 bridgehead atoms. The Morgan fingerprint density at radius 1 is 1.11 bits per heavy atom. The fourth-order valence-corrected chi connectivity index (χ4v) is 3.32. The van der Waals surface area contributed by atoms with Crippen LogP contribution in [0.15, 0.2) is 55.2 Å². The predicted molar refractivity (Wildman–Crippen MR) is 106 cm³/mol. The smallest absolute Gasteiger partial charge is 0.255 e. The zero-order chi connectivity index (χ0) is 19.5. The van der Waals surface area contributed by atoms with E-state index in [1.807, 2.05) is 24.3 Å². The third-order valence-electron chi connectivity index (χ3n) is 4.56. The van der Waals surface area contributed by atoms with Crippen molar-refractivity contribution in [2.24, 2.45) is 0 Å². The highest BCUT2D eigenvalue weighted by molar-refractivity contribution is 6.04. The van der Waals surface area contributed by atoms with Crippen molar-refractivity contribution in [1.82, 2.24) is 19.7 Å². The summed E-state index contributed by atoms with van der Waals surface area (Å²) in [6.45, 7) is 5.74. The van der Waals surface area contributed by atoms with Crippen LogP contribution in [0.3, 0.4) is 0 Å². The van der Waals surface area contributed by atoms with Crippen LogP contribution < -0.4 is 10.2 Å². The molecular formula is C20H22N6O2. The van der Waals surface area contributed by atoms with E-state index >= 15 is 0 Å². The first-order valence-corrected chi connectivity index (χ1v) is 9.21. The molecule has 2 aromatic heterocycles. The number of hydrogen-bond donors (Lipinski definition) is 1. The second kappa shape index (κ2) is 7.77. The van der Waals surface area contributed by atoms with Gasteiger partial charge >= 0.3 is 0 Å². The van der Waals surface area contributed by atoms with Gasteiger partial charge in [-0.2, -0.15) is 5.10 Å². The second-order valence-electron chi connectivity index (χ2n) is 6.91. The van der Waals surface area contributed by atoms with Crippen molar-refractivity contribution < 1.29 is 9.53 Å². The van der Waals surface area contributed by atoms with Crippen molar-refractivity contribution in [1.29, 1.82) is 0 Å². The zero-order valence-corrected chi connectivity index (χ0v) is 15.8. The van der Waals surface area contributed by atoms with Crippen LogP contribution in [0.25, 0.3) is 5.69 Å². The first-order valence-electron chi connectivity index (χ1n) is 9.21. The number of morpholine rings is 1. The molecule has 1 N–H and O–H groups in total. The zero-order valence-electron chi connectivity index (χ0n) is 15.8. The number of hydrogen-bond acceptors (Lipinski definition) is 6. The van der Waals surface area contributed by atoms with Crippen LogP contribution in [0.4, 0.5) is 11.5 Å². The minimum Gasteiger partial charge on any atom is -0.372 e. The monoisotopic (exact) mass is 378 g/mol. The largest absolute Gasteiger partial charge is 0.372 e. The molecular weight excluding hydrogens is 356 g/mol. The molecule has 0 radical (unpaired) electrons. The standard InChI is InChI=1S/C20H22N6O2/c1-14-10-25(11-15(2)28-14)19-8-5-17(9-22-19)24-20(27)16-3-6-18(7-4-16)26-13-21-12-23-26/h3-9,12-15H,10-11H2,1-2H3,(H,24,27)/t14-,15+. The number of aromatic nitrogens is 4. The third kappa shape index (κ3) is 4.01. The molecule has 3 heterocycles. The number of nitrogens with one attached hydrogen (secondary N) is 1. The number of nitrogens with zero attached hydrogens (tertiary/aromatic N) is 5. The Morgan fingerprint density at radius 2 is 1.86 bits per heavy atom. The lowest BCUT2D eigenvalue weighted by Gasteiger charge is -2.36. The molecule has 1 aromatic carbocycles. The summed E-state index contributed by atoms with van der Waals surface area (Å²) in [6.07, 6.45) is 5.10. The minimum atomic E-state index is -0.187. The Bertz CT molecular complexity index is 914. The van der Waals surface area contributed by atoms with E-state index in [9.17, 15) is 4.79 Å². The molecule has 4 rings (SSSR count). The maximum Gasteiger partial charge on any atom is 0.255 e. The van der Waals surface area contributed by atoms with Crippen LogP contribution in [0.1, 0.15) is 24.2 Å². The third-order valence-corrected chi connectivity index (χ3v) is 4.56. The van der Waals surface area contributed by atoms with Crippen LogP contribution in [0.5, 0.6) is 0 Å². The van der Waals surface area contributed by atoms with E-state index in [0.717, 1.165) is 24.6 Å². The van der Waals surface area contributed by atoms with E-state index < -0.39 is 0 Å². The highest BCUT2D eigenvalue weighted by atomic mass is 16.5. The maximum atomic E-state index is 12.5. The van der Waals surface area contributed by atoms with Crippen molar-refractivity contribution in [2.45, 2.75) is 26.1 Å². The number of pyridine rings is 1. The van der Waals surface area contributed by atoms with Gasteiger partial charge in [0, 0.05) is 18.7 Å². The molecule has 0 saturated carbocycles. The fourth-order valence-electron chi connectivity index (χ4n) is 3.32. The number of carbonyl (C=O) groups is 1. The molecule has 28 heavy (non-hydrogen) atoms. The molecule has 3 aromatic rings. The molecule has 0 spiro atoms. The molecule has 0 unspecified atom stereocenters. The Morgan fingerprint density at radius 3 is 2.46 bits per heavy atom. The maximum absolute atomic E-state index is 12.5. The van der Waals surface area contributed by atoms with Crippen molar-refractivity contribution in [3.63, 3.8) is 0 Å². The molecule has 1 aliphatic heterocycles. The number of anilines is 2. The summed E-state index contributed by atoms with van der Waals surface area (Å²) in [6, 6.07) is 11.0. The molecule has 8 heteroatoms. The molecule has 1 amide bonds. The highest BCUT2D eigenvalue weighted by Gasteiger charge is 2.23. The summed E-state index contributed by atoms with van der Waals surface area (Å²) in [7, 11) is 0. The summed E-state index contributed by atoms with van der Waals surface area (Å²) in [5.74, 6) is 0.700. The van der Waals surface area contributed by atoms with Crippen molar-refractivity contribution in [3.8, 4) is 5.69 Å². The molecule has 144 valence electrons. The summed E-state index contributed by atoms with van der Waals surface area (Å²) in [5, 5.41) is 6.95. The van der Waals surface area contributed by atoms with E-state index in [1.165, 1.54) is 6.33 Å². The van der Waals surface area contributed by atoms with Crippen LogP contribution in [0.2, 0.25) is 0 Å². The van der Waals surface area contributed by atoms with Crippen LogP contribution in [-0.2, 0) is 4.74 Å². The van der Waals surface area contributed by atoms with Crippen molar-refractivity contribution in [3.05, 3.63) is 60.8 Å². The van der Waals surface area contributed by atoms with Gasteiger partial charge in [-0.1, -0.05) is 0 Å². The molecule has 1 fully saturated rings. The van der Waals surface area contributed by atoms with Gasteiger partial charge in [-0.3, -0.25) is 4.79 Å². The SMILES string of the molecule is C[C@@H]1CN(c2ccc(NC(=O)c3ccc(-n4cncn4)cc3)cn2)C[C@H](C)O1. The number of ether oxygens (including phenoxy) is 1. The predicted octanol–water partition coefficient (Wildman–Crippen LogP) is 2.53. The Balaban J connectivity index is 1.40. The summed E-state index contributed by atoms with van der Waals surface area (Å²) >= 11 is 0. The average molecular weight is 378 g/mol. The lowest BCUT2D eigenvalue weighted by Crippen LogP contribution is -2.45. The molecule has 2 atom stereocenters. The lowest BCUT2D eigenvalue weighted by atomic mass is 10.2. The number of benzene rings is 1. The number of amides is 1. The lowest BCUT2D eigenvalue weighted by molar-refractivity contribution is -0.00545. The number of carbonyl (C=O) groups excluding carboxylic acids is 1. The summed E-state index contributed by atoms with van der Waals surface area (Å²) < 4.78 is 7.40. The van der Waals surface area contributed by atoms with E-state index in [1.54, 1.807) is 29.3 Å². The van der Waals surface area contributed by atoms with Gasteiger partial charge in [0.1, 0.15) is 18.5 Å². The first-order chi connectivity index (χ1) is 13.6. The summed E-state index contributed by atoms with van der Waals surface area (Å²) in [5.41, 5.74) is 2.06. The van der Waals surface area contributed by atoms with Gasteiger partial charge in [-0.25, -0.2) is 14.6 Å². The van der Waals surface area contributed by atoms with Gasteiger partial charge in [0.25, 0.3) is 5.91 Å². The molecule has 8 nitrogen and oxygen atoms in total. The van der Waals surface area contributed by atoms with E-state index in [0.29, 0.717) is 11.3 Å². The van der Waals surface area contributed by atoms with E-state index in [-0.39, 0.29) is 18.1 Å². The van der Waals surface area contributed by atoms with Gasteiger partial charge in [0.15, 0.2) is 0 Å². The Kier molecular flexibility index (Phi) is 5.03. The number of rotatable bonds is 4. The van der Waals surface area contributed by atoms with E-state index in [2.05, 4.69) is 39.1 Å². The first kappa shape index (κ1) is 18.1. The van der Waals surface area contributed by atoms with Gasteiger partial charge in [-0.05, 0) is 50.2 Å². The van der Waals surface area contributed by atoms with E-state index in [4.69, 9.17) is 4.74 Å². The Hall–Kier alpha value is -3.26. The van der Waals surface area contributed by atoms with Crippen LogP contribution >= 0.6 is 0 Å².